The van der Waals surface area contributed by atoms with Gasteiger partial charge in [-0.2, -0.15) is 0 Å². The van der Waals surface area contributed by atoms with E-state index < -0.39 is 10.0 Å². The number of hydrogen-bond acceptors (Lipinski definition) is 2. The van der Waals surface area contributed by atoms with Crippen LogP contribution in [0, 0.1) is 0 Å². The molecule has 0 saturated heterocycles. The van der Waals surface area contributed by atoms with Gasteiger partial charge >= 0.3 is 0 Å². The molecule has 3 nitrogen and oxygen atoms in total. The summed E-state index contributed by atoms with van der Waals surface area (Å²) in [6.07, 6.45) is 1.61. The molecule has 0 spiro atoms. The summed E-state index contributed by atoms with van der Waals surface area (Å²) in [7, 11) is -3.51. The molecule has 0 saturated carbocycles. The summed E-state index contributed by atoms with van der Waals surface area (Å²) in [6, 6.07) is 23.0. The summed E-state index contributed by atoms with van der Waals surface area (Å²) in [5.41, 5.74) is 1.22. The van der Waals surface area contributed by atoms with Gasteiger partial charge in [-0.25, -0.2) is 13.1 Å². The first-order valence-corrected chi connectivity index (χ1v) is 9.58. The second kappa shape index (κ2) is 7.16. The van der Waals surface area contributed by atoms with E-state index in [2.05, 4.69) is 16.9 Å². The highest BCUT2D eigenvalue weighted by Gasteiger charge is 2.17. The van der Waals surface area contributed by atoms with E-state index in [1.165, 1.54) is 5.56 Å². The zero-order chi connectivity index (χ0) is 17.0. The molecule has 0 aromatic heterocycles. The van der Waals surface area contributed by atoms with E-state index in [1.807, 2.05) is 55.5 Å². The summed E-state index contributed by atoms with van der Waals surface area (Å²) in [4.78, 5) is 0.313. The topological polar surface area (TPSA) is 46.2 Å². The van der Waals surface area contributed by atoms with E-state index in [9.17, 15) is 8.42 Å². The molecule has 3 aromatic carbocycles. The van der Waals surface area contributed by atoms with E-state index in [0.29, 0.717) is 4.90 Å². The number of fused-ring (bicyclic) bond motifs is 1. The van der Waals surface area contributed by atoms with Gasteiger partial charge in [-0.1, -0.05) is 60.7 Å². The molecule has 0 radical (unpaired) electrons. The van der Waals surface area contributed by atoms with Crippen molar-refractivity contribution in [3.63, 3.8) is 0 Å². The lowest BCUT2D eigenvalue weighted by Gasteiger charge is -2.14. The Hall–Kier alpha value is -2.17. The van der Waals surface area contributed by atoms with Crippen LogP contribution in [-0.2, 0) is 16.4 Å². The van der Waals surface area contributed by atoms with Gasteiger partial charge in [0.25, 0.3) is 0 Å². The fourth-order valence-corrected chi connectivity index (χ4v) is 4.07. The number of rotatable bonds is 6. The molecule has 3 aromatic rings. The first-order valence-electron chi connectivity index (χ1n) is 8.10. The Kier molecular flexibility index (Phi) is 4.97. The molecule has 0 unspecified atom stereocenters. The molecule has 1 N–H and O–H groups in total. The Balaban J connectivity index is 1.70. The standard InChI is InChI=1S/C20H21NO2S/c1-16(11-12-17-7-3-2-4-8-17)21-24(22,23)20-14-13-18-9-5-6-10-19(18)15-20/h2-10,13-16,21H,11-12H2,1H3/t16-/m1/s1. The summed E-state index contributed by atoms with van der Waals surface area (Å²) in [5, 5.41) is 1.96. The van der Waals surface area contributed by atoms with Crippen LogP contribution in [0.15, 0.2) is 77.7 Å². The molecule has 24 heavy (non-hydrogen) atoms. The van der Waals surface area contributed by atoms with E-state index in [1.54, 1.807) is 12.1 Å². The number of hydrogen-bond donors (Lipinski definition) is 1. The highest BCUT2D eigenvalue weighted by Crippen LogP contribution is 2.19. The van der Waals surface area contributed by atoms with Crippen molar-refractivity contribution in [2.24, 2.45) is 0 Å². The minimum atomic E-state index is -3.51. The highest BCUT2D eigenvalue weighted by atomic mass is 32.2. The molecular formula is C20H21NO2S. The normalized spacial score (nSPS) is 13.0. The highest BCUT2D eigenvalue weighted by molar-refractivity contribution is 7.89. The number of aryl methyl sites for hydroxylation is 1. The van der Waals surface area contributed by atoms with Crippen molar-refractivity contribution in [3.8, 4) is 0 Å². The maximum absolute atomic E-state index is 12.6. The number of benzene rings is 3. The van der Waals surface area contributed by atoms with Crippen molar-refractivity contribution < 1.29 is 8.42 Å². The molecule has 0 aliphatic carbocycles. The third-order valence-electron chi connectivity index (χ3n) is 4.10. The monoisotopic (exact) mass is 339 g/mol. The first-order chi connectivity index (χ1) is 11.5. The van der Waals surface area contributed by atoms with Crippen LogP contribution >= 0.6 is 0 Å². The molecule has 0 heterocycles. The fourth-order valence-electron chi connectivity index (χ4n) is 2.75. The van der Waals surface area contributed by atoms with Crippen molar-refractivity contribution in [2.45, 2.75) is 30.7 Å². The Morgan fingerprint density at radius 1 is 0.875 bits per heavy atom. The molecule has 3 rings (SSSR count). The predicted molar refractivity (Wildman–Crippen MR) is 98.5 cm³/mol. The van der Waals surface area contributed by atoms with Gasteiger partial charge in [-0.05, 0) is 48.2 Å². The molecule has 4 heteroatoms. The molecular weight excluding hydrogens is 318 g/mol. The lowest BCUT2D eigenvalue weighted by atomic mass is 10.1. The summed E-state index contributed by atoms with van der Waals surface area (Å²) < 4.78 is 28.0. The number of sulfonamides is 1. The van der Waals surface area contributed by atoms with Crippen molar-refractivity contribution in [1.82, 2.24) is 4.72 Å². The average Bonchev–Trinajstić information content (AvgIpc) is 2.60. The van der Waals surface area contributed by atoms with Crippen LogP contribution in [0.5, 0.6) is 0 Å². The molecule has 0 amide bonds. The van der Waals surface area contributed by atoms with Crippen LogP contribution in [0.2, 0.25) is 0 Å². The summed E-state index contributed by atoms with van der Waals surface area (Å²) in [6.45, 7) is 1.90. The lowest BCUT2D eigenvalue weighted by Crippen LogP contribution is -2.32. The second-order valence-electron chi connectivity index (χ2n) is 6.06. The van der Waals surface area contributed by atoms with Crippen molar-refractivity contribution in [1.29, 1.82) is 0 Å². The fraction of sp³-hybridized carbons (Fsp3) is 0.200. The van der Waals surface area contributed by atoms with Crippen LogP contribution < -0.4 is 4.72 Å². The van der Waals surface area contributed by atoms with Gasteiger partial charge in [0.15, 0.2) is 0 Å². The SMILES string of the molecule is C[C@H](CCc1ccccc1)NS(=O)(=O)c1ccc2ccccc2c1. The predicted octanol–water partition coefficient (Wildman–Crippen LogP) is 4.14. The van der Waals surface area contributed by atoms with Gasteiger partial charge in [0.1, 0.15) is 0 Å². The van der Waals surface area contributed by atoms with Crippen molar-refractivity contribution >= 4 is 20.8 Å². The van der Waals surface area contributed by atoms with Crippen LogP contribution in [0.4, 0.5) is 0 Å². The van der Waals surface area contributed by atoms with Crippen molar-refractivity contribution in [3.05, 3.63) is 78.4 Å². The molecule has 1 atom stereocenters. The maximum Gasteiger partial charge on any atom is 0.240 e. The Bertz CT molecular complexity index is 921. The molecule has 0 aliphatic rings. The largest absolute Gasteiger partial charge is 0.240 e. The smallest absolute Gasteiger partial charge is 0.208 e. The maximum atomic E-state index is 12.6. The van der Waals surface area contributed by atoms with Gasteiger partial charge in [-0.15, -0.1) is 0 Å². The zero-order valence-electron chi connectivity index (χ0n) is 13.6. The summed E-state index contributed by atoms with van der Waals surface area (Å²) in [5.74, 6) is 0. The number of nitrogens with one attached hydrogen (secondary N) is 1. The van der Waals surface area contributed by atoms with Gasteiger partial charge in [0, 0.05) is 6.04 Å². The molecule has 0 fully saturated rings. The summed E-state index contributed by atoms with van der Waals surface area (Å²) >= 11 is 0. The first kappa shape index (κ1) is 16.7. The molecule has 124 valence electrons. The van der Waals surface area contributed by atoms with E-state index in [-0.39, 0.29) is 6.04 Å². The van der Waals surface area contributed by atoms with Crippen LogP contribution in [-0.4, -0.2) is 14.5 Å². The van der Waals surface area contributed by atoms with Gasteiger partial charge in [-0.3, -0.25) is 0 Å². The van der Waals surface area contributed by atoms with E-state index in [4.69, 9.17) is 0 Å². The van der Waals surface area contributed by atoms with Gasteiger partial charge in [0.05, 0.1) is 4.90 Å². The molecule has 0 bridgehead atoms. The Morgan fingerprint density at radius 2 is 1.54 bits per heavy atom. The lowest BCUT2D eigenvalue weighted by molar-refractivity contribution is 0.547. The zero-order valence-corrected chi connectivity index (χ0v) is 14.5. The van der Waals surface area contributed by atoms with E-state index >= 15 is 0 Å². The van der Waals surface area contributed by atoms with Crippen LogP contribution in [0.25, 0.3) is 10.8 Å². The van der Waals surface area contributed by atoms with Crippen molar-refractivity contribution in [2.75, 3.05) is 0 Å². The quantitative estimate of drug-likeness (QED) is 0.734. The third-order valence-corrected chi connectivity index (χ3v) is 5.68. The second-order valence-corrected chi connectivity index (χ2v) is 7.77. The Morgan fingerprint density at radius 3 is 2.29 bits per heavy atom. The average molecular weight is 339 g/mol. The van der Waals surface area contributed by atoms with E-state index in [0.717, 1.165) is 23.6 Å². The minimum Gasteiger partial charge on any atom is -0.208 e. The van der Waals surface area contributed by atoms with Gasteiger partial charge in [0.2, 0.25) is 10.0 Å². The third kappa shape index (κ3) is 4.02. The van der Waals surface area contributed by atoms with Gasteiger partial charge < -0.3 is 0 Å². The van der Waals surface area contributed by atoms with Crippen LogP contribution in [0.1, 0.15) is 18.9 Å². The van der Waals surface area contributed by atoms with Crippen LogP contribution in [0.3, 0.4) is 0 Å². The Labute approximate surface area is 143 Å². The molecule has 0 aliphatic heterocycles. The minimum absolute atomic E-state index is 0.123.